The van der Waals surface area contributed by atoms with Gasteiger partial charge in [0.15, 0.2) is 0 Å². The summed E-state index contributed by atoms with van der Waals surface area (Å²) in [5.74, 6) is 0. The molecule has 90 valence electrons. The zero-order valence-electron chi connectivity index (χ0n) is 10.5. The first-order chi connectivity index (χ1) is 7.56. The van der Waals surface area contributed by atoms with E-state index in [4.69, 9.17) is 0 Å². The Balaban J connectivity index is 3.84. The van der Waals surface area contributed by atoms with E-state index in [-0.39, 0.29) is 6.03 Å². The van der Waals surface area contributed by atoms with Crippen molar-refractivity contribution in [3.63, 3.8) is 0 Å². The average Bonchev–Trinajstić information content (AvgIpc) is 2.17. The van der Waals surface area contributed by atoms with Gasteiger partial charge in [-0.1, -0.05) is 24.6 Å². The molecule has 0 radical (unpaired) electrons. The lowest BCUT2D eigenvalue weighted by Gasteiger charge is -2.04. The van der Waals surface area contributed by atoms with Crippen LogP contribution in [0.25, 0.3) is 0 Å². The van der Waals surface area contributed by atoms with E-state index in [0.717, 1.165) is 30.5 Å². The Morgan fingerprint density at radius 2 is 2.06 bits per heavy atom. The van der Waals surface area contributed by atoms with Crippen LogP contribution in [0.1, 0.15) is 40.0 Å². The van der Waals surface area contributed by atoms with Gasteiger partial charge in [0.1, 0.15) is 0 Å². The van der Waals surface area contributed by atoms with Gasteiger partial charge in [0.05, 0.1) is 0 Å². The molecule has 2 N–H and O–H groups in total. The van der Waals surface area contributed by atoms with Crippen molar-refractivity contribution >= 4 is 6.03 Å². The molecule has 2 amide bonds. The summed E-state index contributed by atoms with van der Waals surface area (Å²) >= 11 is 0. The predicted molar refractivity (Wildman–Crippen MR) is 68.9 cm³/mol. The second kappa shape index (κ2) is 8.77. The van der Waals surface area contributed by atoms with Crippen molar-refractivity contribution in [2.45, 2.75) is 40.0 Å². The number of amides is 2. The number of carbonyl (C=O) groups is 1. The van der Waals surface area contributed by atoms with Crippen molar-refractivity contribution in [2.24, 2.45) is 0 Å². The minimum absolute atomic E-state index is 0.200. The summed E-state index contributed by atoms with van der Waals surface area (Å²) in [5.41, 5.74) is 2.02. The molecule has 0 heterocycles. The molecule has 0 aromatic carbocycles. The molecule has 0 spiro atoms. The van der Waals surface area contributed by atoms with Gasteiger partial charge in [0.2, 0.25) is 0 Å². The monoisotopic (exact) mass is 222 g/mol. The minimum Gasteiger partial charge on any atom is -0.315 e. The van der Waals surface area contributed by atoms with Gasteiger partial charge in [-0.15, -0.1) is 6.58 Å². The molecule has 3 nitrogen and oxygen atoms in total. The third-order valence-electron chi connectivity index (χ3n) is 1.90. The number of nitrogens with one attached hydrogen (secondary N) is 2. The van der Waals surface area contributed by atoms with Crippen LogP contribution < -0.4 is 10.6 Å². The van der Waals surface area contributed by atoms with E-state index in [1.807, 2.05) is 32.9 Å². The maximum atomic E-state index is 11.3. The zero-order valence-corrected chi connectivity index (χ0v) is 10.5. The van der Waals surface area contributed by atoms with Crippen LogP contribution >= 0.6 is 0 Å². The van der Waals surface area contributed by atoms with Gasteiger partial charge in [-0.05, 0) is 33.1 Å². The second-order valence-corrected chi connectivity index (χ2v) is 3.79. The molecule has 0 bridgehead atoms. The third kappa shape index (κ3) is 9.06. The summed E-state index contributed by atoms with van der Waals surface area (Å²) < 4.78 is 0. The standard InChI is InChI=1S/C13H22N2O/c1-5-6-10-14-13(16)15-12(4)9-7-8-11(2)3/h6,9-10H,2,5,7-8H2,1,3-4H3,(H2,14,15,16)/b10-6+,12-9+. The number of allylic oxidation sites excluding steroid dienone is 4. The molecule has 3 heteroatoms. The highest BCUT2D eigenvalue weighted by Gasteiger charge is 1.96. The zero-order chi connectivity index (χ0) is 12.4. The predicted octanol–water partition coefficient (Wildman–Crippen LogP) is 3.47. The van der Waals surface area contributed by atoms with Gasteiger partial charge in [-0.3, -0.25) is 0 Å². The van der Waals surface area contributed by atoms with Gasteiger partial charge >= 0.3 is 6.03 Å². The van der Waals surface area contributed by atoms with Crippen LogP contribution in [-0.2, 0) is 0 Å². The Morgan fingerprint density at radius 3 is 2.62 bits per heavy atom. The third-order valence-corrected chi connectivity index (χ3v) is 1.90. The summed E-state index contributed by atoms with van der Waals surface area (Å²) in [7, 11) is 0. The molecular weight excluding hydrogens is 200 g/mol. The lowest BCUT2D eigenvalue weighted by Crippen LogP contribution is -2.30. The molecule has 16 heavy (non-hydrogen) atoms. The van der Waals surface area contributed by atoms with Gasteiger partial charge in [-0.2, -0.15) is 0 Å². The molecule has 0 aliphatic heterocycles. The van der Waals surface area contributed by atoms with Crippen LogP contribution in [-0.4, -0.2) is 6.03 Å². The molecule has 0 fully saturated rings. The topological polar surface area (TPSA) is 41.1 Å². The lowest BCUT2D eigenvalue weighted by atomic mass is 10.2. The highest BCUT2D eigenvalue weighted by atomic mass is 16.2. The van der Waals surface area contributed by atoms with E-state index in [2.05, 4.69) is 17.2 Å². The summed E-state index contributed by atoms with van der Waals surface area (Å²) in [6, 6.07) is -0.200. The van der Waals surface area contributed by atoms with Crippen LogP contribution in [0, 0.1) is 0 Å². The number of carbonyl (C=O) groups excluding carboxylic acids is 1. The van der Waals surface area contributed by atoms with Gasteiger partial charge in [0, 0.05) is 11.9 Å². The van der Waals surface area contributed by atoms with E-state index in [9.17, 15) is 4.79 Å². The molecular formula is C13H22N2O. The molecule has 0 atom stereocenters. The van der Waals surface area contributed by atoms with Crippen LogP contribution in [0.2, 0.25) is 0 Å². The van der Waals surface area contributed by atoms with E-state index >= 15 is 0 Å². The summed E-state index contributed by atoms with van der Waals surface area (Å²) in [4.78, 5) is 11.3. The molecule has 0 rings (SSSR count). The van der Waals surface area contributed by atoms with Crippen LogP contribution in [0.3, 0.4) is 0 Å². The van der Waals surface area contributed by atoms with Gasteiger partial charge < -0.3 is 10.6 Å². The first kappa shape index (κ1) is 14.5. The van der Waals surface area contributed by atoms with Crippen molar-refractivity contribution in [1.29, 1.82) is 0 Å². The Morgan fingerprint density at radius 1 is 1.38 bits per heavy atom. The Bertz CT molecular complexity index is 290. The number of urea groups is 1. The molecule has 0 aromatic rings. The van der Waals surface area contributed by atoms with Crippen molar-refractivity contribution in [2.75, 3.05) is 0 Å². The van der Waals surface area contributed by atoms with E-state index in [0.29, 0.717) is 0 Å². The van der Waals surface area contributed by atoms with Crippen molar-refractivity contribution in [1.82, 2.24) is 10.6 Å². The number of rotatable bonds is 6. The highest BCUT2D eigenvalue weighted by molar-refractivity contribution is 5.76. The first-order valence-electron chi connectivity index (χ1n) is 5.60. The normalized spacial score (nSPS) is 11.6. The molecule has 0 saturated heterocycles. The fourth-order valence-electron chi connectivity index (χ4n) is 1.05. The quantitative estimate of drug-likeness (QED) is 0.664. The number of hydrogen-bond acceptors (Lipinski definition) is 1. The van der Waals surface area contributed by atoms with E-state index < -0.39 is 0 Å². The summed E-state index contributed by atoms with van der Waals surface area (Å²) in [6.45, 7) is 9.71. The first-order valence-corrected chi connectivity index (χ1v) is 5.60. The molecule has 0 aliphatic carbocycles. The molecule has 0 aliphatic rings. The second-order valence-electron chi connectivity index (χ2n) is 3.79. The van der Waals surface area contributed by atoms with Gasteiger partial charge in [-0.25, -0.2) is 4.79 Å². The average molecular weight is 222 g/mol. The van der Waals surface area contributed by atoms with E-state index in [1.165, 1.54) is 0 Å². The minimum atomic E-state index is -0.200. The van der Waals surface area contributed by atoms with Gasteiger partial charge in [0.25, 0.3) is 0 Å². The maximum absolute atomic E-state index is 11.3. The summed E-state index contributed by atoms with van der Waals surface area (Å²) in [5, 5.41) is 5.37. The van der Waals surface area contributed by atoms with Crippen molar-refractivity contribution < 1.29 is 4.79 Å². The Labute approximate surface area is 98.3 Å². The fraction of sp³-hybridized carbons (Fsp3) is 0.462. The SMILES string of the molecule is C=C(C)CC/C=C(\C)NC(=O)N/C=C/CC. The van der Waals surface area contributed by atoms with Crippen LogP contribution in [0.5, 0.6) is 0 Å². The lowest BCUT2D eigenvalue weighted by molar-refractivity contribution is 0.246. The number of hydrogen-bond donors (Lipinski definition) is 2. The molecule has 0 saturated carbocycles. The largest absolute Gasteiger partial charge is 0.322 e. The Kier molecular flexibility index (Phi) is 7.94. The van der Waals surface area contributed by atoms with Crippen molar-refractivity contribution in [3.05, 3.63) is 36.2 Å². The smallest absolute Gasteiger partial charge is 0.315 e. The maximum Gasteiger partial charge on any atom is 0.322 e. The fourth-order valence-corrected chi connectivity index (χ4v) is 1.05. The van der Waals surface area contributed by atoms with E-state index in [1.54, 1.807) is 6.20 Å². The van der Waals surface area contributed by atoms with Crippen molar-refractivity contribution in [3.8, 4) is 0 Å². The molecule has 0 aromatic heterocycles. The Hall–Kier alpha value is -1.51. The highest BCUT2D eigenvalue weighted by Crippen LogP contribution is 2.02. The molecule has 0 unspecified atom stereocenters. The van der Waals surface area contributed by atoms with Crippen LogP contribution in [0.4, 0.5) is 4.79 Å². The van der Waals surface area contributed by atoms with Crippen LogP contribution in [0.15, 0.2) is 36.2 Å². The summed E-state index contributed by atoms with van der Waals surface area (Å²) in [6.07, 6.45) is 8.31.